The van der Waals surface area contributed by atoms with Crippen LogP contribution in [0, 0.1) is 0 Å². The summed E-state index contributed by atoms with van der Waals surface area (Å²) in [5.74, 6) is 0. The zero-order chi connectivity index (χ0) is 17.6. The Kier molecular flexibility index (Phi) is 6.33. The van der Waals surface area contributed by atoms with Crippen molar-refractivity contribution in [3.8, 4) is 0 Å². The minimum Gasteiger partial charge on any atom is -0.356 e. The Hall–Kier alpha value is -1.48. The van der Waals surface area contributed by atoms with E-state index in [9.17, 15) is 8.42 Å². The van der Waals surface area contributed by atoms with E-state index in [-0.39, 0.29) is 23.6 Å². The van der Waals surface area contributed by atoms with Crippen molar-refractivity contribution in [1.29, 1.82) is 0 Å². The molecule has 0 aliphatic carbocycles. The van der Waals surface area contributed by atoms with Crippen LogP contribution < -0.4 is 0 Å². The highest BCUT2D eigenvalue weighted by molar-refractivity contribution is 7.91. The van der Waals surface area contributed by atoms with E-state index in [0.717, 1.165) is 6.04 Å². The van der Waals surface area contributed by atoms with Gasteiger partial charge < -0.3 is 9.47 Å². The number of benzene rings is 1. The predicted octanol–water partition coefficient (Wildman–Crippen LogP) is 3.00. The zero-order valence-electron chi connectivity index (χ0n) is 14.3. The third-order valence-corrected chi connectivity index (χ3v) is 6.78. The highest BCUT2D eigenvalue weighted by Crippen LogP contribution is 2.18. The topological polar surface area (TPSA) is 70.4 Å². The Morgan fingerprint density at radius 2 is 1.83 bits per heavy atom. The van der Waals surface area contributed by atoms with Crippen molar-refractivity contribution in [1.82, 2.24) is 9.55 Å². The molecular weight excluding hydrogens is 344 g/mol. The van der Waals surface area contributed by atoms with Crippen LogP contribution in [0.25, 0.3) is 0 Å². The van der Waals surface area contributed by atoms with Gasteiger partial charge in [-0.15, -0.1) is 0 Å². The molecule has 0 unspecified atom stereocenters. The Balaban J connectivity index is 1.92. The van der Waals surface area contributed by atoms with Crippen molar-refractivity contribution in [3.05, 3.63) is 42.7 Å². The number of nitrogens with zero attached hydrogens (tertiary/aromatic N) is 2. The predicted molar refractivity (Wildman–Crippen MR) is 94.2 cm³/mol. The first-order valence-corrected chi connectivity index (χ1v) is 13.0. The van der Waals surface area contributed by atoms with E-state index < -0.39 is 17.9 Å². The van der Waals surface area contributed by atoms with Crippen LogP contribution in [-0.4, -0.2) is 39.4 Å². The van der Waals surface area contributed by atoms with Gasteiger partial charge in [0.25, 0.3) is 0 Å². The number of imidazole rings is 1. The lowest BCUT2D eigenvalue weighted by molar-refractivity contribution is -0.0772. The molecule has 0 aliphatic rings. The molecule has 0 radical (unpaired) electrons. The average Bonchev–Trinajstić information content (AvgIpc) is 3.00. The molecule has 0 N–H and O–H groups in total. The van der Waals surface area contributed by atoms with Gasteiger partial charge in [-0.25, -0.2) is 13.4 Å². The first kappa shape index (κ1) is 18.8. The smallest absolute Gasteiger partial charge is 0.240 e. The summed E-state index contributed by atoms with van der Waals surface area (Å²) in [4.78, 5) is 4.18. The normalized spacial score (nSPS) is 12.5. The Morgan fingerprint density at radius 1 is 1.12 bits per heavy atom. The third kappa shape index (κ3) is 5.27. The van der Waals surface area contributed by atoms with Crippen LogP contribution in [0.4, 0.5) is 0 Å². The quantitative estimate of drug-likeness (QED) is 0.386. The maximum Gasteiger partial charge on any atom is 0.240 e. The summed E-state index contributed by atoms with van der Waals surface area (Å²) < 4.78 is 37.5. The van der Waals surface area contributed by atoms with Crippen LogP contribution in [0.3, 0.4) is 0 Å². The van der Waals surface area contributed by atoms with E-state index in [1.807, 2.05) is 0 Å². The van der Waals surface area contributed by atoms with Crippen molar-refractivity contribution in [2.24, 2.45) is 0 Å². The van der Waals surface area contributed by atoms with Crippen molar-refractivity contribution in [2.45, 2.75) is 42.5 Å². The van der Waals surface area contributed by atoms with Crippen LogP contribution in [0.1, 0.15) is 0 Å². The molecule has 6 nitrogen and oxygen atoms in total. The van der Waals surface area contributed by atoms with Gasteiger partial charge in [0.05, 0.1) is 4.90 Å². The molecule has 2 aromatic rings. The van der Waals surface area contributed by atoms with Crippen LogP contribution in [-0.2, 0) is 26.0 Å². The van der Waals surface area contributed by atoms with Gasteiger partial charge in [0.2, 0.25) is 15.0 Å². The molecule has 24 heavy (non-hydrogen) atoms. The fourth-order valence-corrected chi connectivity index (χ4v) is 4.08. The highest BCUT2D eigenvalue weighted by Gasteiger charge is 2.22. The van der Waals surface area contributed by atoms with E-state index in [1.54, 1.807) is 36.5 Å². The largest absolute Gasteiger partial charge is 0.356 e. The van der Waals surface area contributed by atoms with Gasteiger partial charge in [-0.05, 0) is 18.2 Å². The van der Waals surface area contributed by atoms with E-state index in [1.165, 1.54) is 10.8 Å². The van der Waals surface area contributed by atoms with E-state index >= 15 is 0 Å². The Morgan fingerprint density at radius 3 is 2.50 bits per heavy atom. The van der Waals surface area contributed by atoms with E-state index in [2.05, 4.69) is 24.6 Å². The molecule has 0 saturated carbocycles. The van der Waals surface area contributed by atoms with Crippen molar-refractivity contribution >= 4 is 17.9 Å². The van der Waals surface area contributed by atoms with Crippen LogP contribution in [0.2, 0.25) is 25.7 Å². The molecule has 1 aromatic carbocycles. The SMILES string of the molecule is C[Si](C)(C)CCOCOCn1ccnc1S(=O)(=O)c1ccccc1. The molecule has 1 heterocycles. The van der Waals surface area contributed by atoms with E-state index in [4.69, 9.17) is 9.47 Å². The summed E-state index contributed by atoms with van der Waals surface area (Å²) >= 11 is 0. The van der Waals surface area contributed by atoms with Crippen LogP contribution in [0.15, 0.2) is 52.8 Å². The average molecular weight is 369 g/mol. The fourth-order valence-electron chi connectivity index (χ4n) is 1.97. The van der Waals surface area contributed by atoms with Gasteiger partial charge in [0, 0.05) is 27.1 Å². The lowest BCUT2D eigenvalue weighted by Gasteiger charge is -2.15. The number of hydrogen-bond acceptors (Lipinski definition) is 5. The summed E-state index contributed by atoms with van der Waals surface area (Å²) in [6.07, 6.45) is 3.03. The lowest BCUT2D eigenvalue weighted by atomic mass is 10.4. The molecule has 0 spiro atoms. The third-order valence-electron chi connectivity index (χ3n) is 3.36. The molecule has 0 aliphatic heterocycles. The molecule has 0 atom stereocenters. The summed E-state index contributed by atoms with van der Waals surface area (Å²) in [7, 11) is -4.77. The molecule has 0 bridgehead atoms. The maximum absolute atomic E-state index is 12.6. The molecule has 0 fully saturated rings. The Bertz CT molecular complexity index is 739. The molecule has 8 heteroatoms. The minimum atomic E-state index is -3.66. The number of rotatable bonds is 9. The Labute approximate surface area is 144 Å². The molecule has 0 amide bonds. The van der Waals surface area contributed by atoms with Crippen molar-refractivity contribution < 1.29 is 17.9 Å². The fraction of sp³-hybridized carbons (Fsp3) is 0.438. The summed E-state index contributed by atoms with van der Waals surface area (Å²) in [5, 5.41) is -0.0317. The number of ether oxygens (including phenoxy) is 2. The lowest BCUT2D eigenvalue weighted by Crippen LogP contribution is -2.22. The molecule has 2 rings (SSSR count). The first-order chi connectivity index (χ1) is 11.3. The second kappa shape index (κ2) is 8.06. The molecular formula is C16H24N2O4SSi. The van der Waals surface area contributed by atoms with E-state index in [0.29, 0.717) is 6.61 Å². The van der Waals surface area contributed by atoms with Gasteiger partial charge in [-0.1, -0.05) is 37.8 Å². The monoisotopic (exact) mass is 368 g/mol. The minimum absolute atomic E-state index is 0.0317. The van der Waals surface area contributed by atoms with Gasteiger partial charge >= 0.3 is 0 Å². The second-order valence-electron chi connectivity index (χ2n) is 6.67. The van der Waals surface area contributed by atoms with Crippen molar-refractivity contribution in [3.63, 3.8) is 0 Å². The maximum atomic E-state index is 12.6. The van der Waals surface area contributed by atoms with Crippen LogP contribution in [0.5, 0.6) is 0 Å². The van der Waals surface area contributed by atoms with Gasteiger partial charge in [0.15, 0.2) is 0 Å². The number of aromatic nitrogens is 2. The molecule has 0 saturated heterocycles. The number of hydrogen-bond donors (Lipinski definition) is 0. The zero-order valence-corrected chi connectivity index (χ0v) is 16.1. The first-order valence-electron chi connectivity index (χ1n) is 7.77. The van der Waals surface area contributed by atoms with Crippen molar-refractivity contribution in [2.75, 3.05) is 13.4 Å². The summed E-state index contributed by atoms with van der Waals surface area (Å²) in [6.45, 7) is 7.72. The van der Waals surface area contributed by atoms with Gasteiger partial charge in [-0.3, -0.25) is 4.57 Å². The van der Waals surface area contributed by atoms with Gasteiger partial charge in [0.1, 0.15) is 13.5 Å². The second-order valence-corrected chi connectivity index (χ2v) is 14.1. The molecule has 1 aromatic heterocycles. The standard InChI is InChI=1S/C16H24N2O4SSi/c1-24(2,3)12-11-21-14-22-13-18-10-9-17-16(18)23(19,20)15-7-5-4-6-8-15/h4-10H,11-14H2,1-3H3. The van der Waals surface area contributed by atoms with Gasteiger partial charge in [-0.2, -0.15) is 0 Å². The summed E-state index contributed by atoms with van der Waals surface area (Å²) in [6, 6.07) is 9.30. The van der Waals surface area contributed by atoms with Crippen LogP contribution >= 0.6 is 0 Å². The summed E-state index contributed by atoms with van der Waals surface area (Å²) in [5.41, 5.74) is 0. The number of sulfone groups is 1. The highest BCUT2D eigenvalue weighted by atomic mass is 32.2. The molecule has 132 valence electrons.